The highest BCUT2D eigenvalue weighted by molar-refractivity contribution is 5.86. The second-order valence-electron chi connectivity index (χ2n) is 7.77. The van der Waals surface area contributed by atoms with Crippen LogP contribution in [0.25, 0.3) is 10.9 Å². The monoisotopic (exact) mass is 424 g/mol. The molecule has 0 aliphatic heterocycles. The predicted octanol–water partition coefficient (Wildman–Crippen LogP) is 1.90. The summed E-state index contributed by atoms with van der Waals surface area (Å²) in [5.41, 5.74) is 0.591. The molecule has 2 aromatic carbocycles. The third kappa shape index (κ3) is 5.25. The van der Waals surface area contributed by atoms with Crippen LogP contribution in [0.4, 0.5) is 0 Å². The average Bonchev–Trinajstić information content (AvgIpc) is 2.73. The van der Waals surface area contributed by atoms with Crippen molar-refractivity contribution in [3.05, 3.63) is 64.4 Å². The summed E-state index contributed by atoms with van der Waals surface area (Å²) in [6.07, 6.45) is 0.304. The molecule has 31 heavy (non-hydrogen) atoms. The van der Waals surface area contributed by atoms with Gasteiger partial charge >= 0.3 is 5.97 Å². The lowest BCUT2D eigenvalue weighted by Crippen LogP contribution is -2.47. The zero-order valence-corrected chi connectivity index (χ0v) is 17.2. The van der Waals surface area contributed by atoms with Crippen molar-refractivity contribution in [2.24, 2.45) is 5.92 Å². The lowest BCUT2D eigenvalue weighted by molar-refractivity contribution is -0.142. The number of phenols is 1. The fraction of sp³-hybridized carbons (Fsp3) is 0.318. The van der Waals surface area contributed by atoms with Crippen molar-refractivity contribution in [3.8, 4) is 5.75 Å². The Morgan fingerprint density at radius 3 is 2.42 bits per heavy atom. The summed E-state index contributed by atoms with van der Waals surface area (Å²) in [6.45, 7) is 3.79. The van der Waals surface area contributed by atoms with Gasteiger partial charge in [-0.15, -0.1) is 5.10 Å². The topological polar surface area (TPSA) is 134 Å². The molecule has 0 aliphatic rings. The van der Waals surface area contributed by atoms with E-state index in [1.807, 2.05) is 13.8 Å². The molecule has 0 radical (unpaired) electrons. The number of rotatable bonds is 8. The molecule has 1 aromatic heterocycles. The van der Waals surface area contributed by atoms with Gasteiger partial charge in [-0.3, -0.25) is 9.59 Å². The van der Waals surface area contributed by atoms with Crippen molar-refractivity contribution in [3.63, 3.8) is 0 Å². The average molecular weight is 424 g/mol. The van der Waals surface area contributed by atoms with E-state index in [4.69, 9.17) is 0 Å². The lowest BCUT2D eigenvalue weighted by Gasteiger charge is -2.22. The fourth-order valence-electron chi connectivity index (χ4n) is 3.31. The number of fused-ring (bicyclic) bond motifs is 1. The van der Waals surface area contributed by atoms with E-state index in [0.29, 0.717) is 16.5 Å². The second-order valence-corrected chi connectivity index (χ2v) is 7.77. The molecule has 3 N–H and O–H groups in total. The number of hydrogen-bond acceptors (Lipinski definition) is 6. The van der Waals surface area contributed by atoms with Crippen molar-refractivity contribution in [2.45, 2.75) is 38.8 Å². The maximum atomic E-state index is 13.1. The number of carbonyl (C=O) groups excluding carboxylic acids is 1. The molecule has 0 spiro atoms. The SMILES string of the molecule is CC(C)CC(C(=O)NC(Cc1ccc(O)cc1)C(=O)O)n1nnc2ccccc2c1=O. The third-order valence-electron chi connectivity index (χ3n) is 4.87. The van der Waals surface area contributed by atoms with Gasteiger partial charge in [0.25, 0.3) is 5.56 Å². The van der Waals surface area contributed by atoms with E-state index in [2.05, 4.69) is 15.6 Å². The summed E-state index contributed by atoms with van der Waals surface area (Å²) >= 11 is 0. The molecular formula is C22H24N4O5. The van der Waals surface area contributed by atoms with Crippen molar-refractivity contribution in [2.75, 3.05) is 0 Å². The van der Waals surface area contributed by atoms with Gasteiger partial charge in [-0.25, -0.2) is 4.79 Å². The summed E-state index contributed by atoms with van der Waals surface area (Å²) < 4.78 is 1.02. The molecule has 3 rings (SSSR count). The normalized spacial score (nSPS) is 13.1. The van der Waals surface area contributed by atoms with E-state index in [1.165, 1.54) is 12.1 Å². The van der Waals surface area contributed by atoms with Crippen LogP contribution in [0.15, 0.2) is 53.3 Å². The number of aromatic hydroxyl groups is 1. The first kappa shape index (κ1) is 21.9. The van der Waals surface area contributed by atoms with Gasteiger partial charge in [0.05, 0.1) is 5.39 Å². The second kappa shape index (κ2) is 9.38. The van der Waals surface area contributed by atoms with Gasteiger partial charge in [0.1, 0.15) is 23.3 Å². The first-order valence-electron chi connectivity index (χ1n) is 9.91. The standard InChI is InChI=1S/C22H24N4O5/c1-13(2)11-19(26-21(29)16-5-3-4-6-17(16)24-25-26)20(28)23-18(22(30)31)12-14-7-9-15(27)10-8-14/h3-10,13,18-19,27H,11-12H2,1-2H3,(H,23,28)(H,30,31). The zero-order valence-electron chi connectivity index (χ0n) is 17.2. The molecule has 0 aliphatic carbocycles. The Hall–Kier alpha value is -3.75. The van der Waals surface area contributed by atoms with Gasteiger partial charge in [-0.05, 0) is 42.2 Å². The minimum Gasteiger partial charge on any atom is -0.508 e. The smallest absolute Gasteiger partial charge is 0.326 e. The van der Waals surface area contributed by atoms with E-state index in [0.717, 1.165) is 4.68 Å². The van der Waals surface area contributed by atoms with Crippen molar-refractivity contribution >= 4 is 22.8 Å². The van der Waals surface area contributed by atoms with Crippen LogP contribution in [0, 0.1) is 5.92 Å². The van der Waals surface area contributed by atoms with Crippen LogP contribution in [0.2, 0.25) is 0 Å². The summed E-state index contributed by atoms with van der Waals surface area (Å²) in [6, 6.07) is 10.5. The third-order valence-corrected chi connectivity index (χ3v) is 4.87. The molecule has 0 saturated heterocycles. The molecule has 0 bridgehead atoms. The number of carbonyl (C=O) groups is 2. The predicted molar refractivity (Wildman–Crippen MR) is 114 cm³/mol. The number of carboxylic acids is 1. The van der Waals surface area contributed by atoms with Gasteiger partial charge in [0, 0.05) is 6.42 Å². The van der Waals surface area contributed by atoms with Crippen LogP contribution in [0.3, 0.4) is 0 Å². The molecule has 1 amide bonds. The maximum Gasteiger partial charge on any atom is 0.326 e. The van der Waals surface area contributed by atoms with E-state index >= 15 is 0 Å². The van der Waals surface area contributed by atoms with Crippen molar-refractivity contribution in [1.82, 2.24) is 20.3 Å². The molecular weight excluding hydrogens is 400 g/mol. The van der Waals surface area contributed by atoms with Gasteiger partial charge < -0.3 is 15.5 Å². The highest BCUT2D eigenvalue weighted by Gasteiger charge is 2.29. The van der Waals surface area contributed by atoms with Crippen molar-refractivity contribution < 1.29 is 19.8 Å². The number of amides is 1. The molecule has 2 unspecified atom stereocenters. The van der Waals surface area contributed by atoms with E-state index in [1.54, 1.807) is 36.4 Å². The van der Waals surface area contributed by atoms with Crippen LogP contribution in [-0.2, 0) is 16.0 Å². The Kier molecular flexibility index (Phi) is 6.64. The maximum absolute atomic E-state index is 13.1. The Morgan fingerprint density at radius 2 is 1.77 bits per heavy atom. The molecule has 0 saturated carbocycles. The Balaban J connectivity index is 1.90. The number of phenolic OH excluding ortho intramolecular Hbond substituents is 1. The zero-order chi connectivity index (χ0) is 22.5. The molecule has 3 aromatic rings. The molecule has 2 atom stereocenters. The molecule has 0 fully saturated rings. The first-order valence-corrected chi connectivity index (χ1v) is 9.91. The van der Waals surface area contributed by atoms with Gasteiger partial charge in [0.2, 0.25) is 5.91 Å². The first-order chi connectivity index (χ1) is 14.8. The number of hydrogen-bond donors (Lipinski definition) is 3. The lowest BCUT2D eigenvalue weighted by atomic mass is 10.0. The Morgan fingerprint density at radius 1 is 1.10 bits per heavy atom. The highest BCUT2D eigenvalue weighted by Crippen LogP contribution is 2.18. The van der Waals surface area contributed by atoms with Gasteiger partial charge in [0.15, 0.2) is 0 Å². The summed E-state index contributed by atoms with van der Waals surface area (Å²) in [4.78, 5) is 37.8. The summed E-state index contributed by atoms with van der Waals surface area (Å²) in [5.74, 6) is -1.73. The minimum atomic E-state index is -1.21. The molecule has 9 heteroatoms. The fourth-order valence-corrected chi connectivity index (χ4v) is 3.31. The minimum absolute atomic E-state index is 0.0219. The van der Waals surface area contributed by atoms with Crippen LogP contribution >= 0.6 is 0 Å². The highest BCUT2D eigenvalue weighted by atomic mass is 16.4. The summed E-state index contributed by atoms with van der Waals surface area (Å²) in [7, 11) is 0. The van der Waals surface area contributed by atoms with Gasteiger partial charge in [-0.2, -0.15) is 4.68 Å². The largest absolute Gasteiger partial charge is 0.508 e. The number of aliphatic carboxylic acids is 1. The number of benzene rings is 2. The van der Waals surface area contributed by atoms with Crippen LogP contribution in [0.5, 0.6) is 5.75 Å². The van der Waals surface area contributed by atoms with E-state index in [-0.39, 0.29) is 24.5 Å². The van der Waals surface area contributed by atoms with Crippen LogP contribution in [-0.4, -0.2) is 43.1 Å². The molecule has 1 heterocycles. The molecule has 9 nitrogen and oxygen atoms in total. The molecule has 162 valence electrons. The van der Waals surface area contributed by atoms with Crippen LogP contribution in [0.1, 0.15) is 31.9 Å². The number of carboxylic acid groups (broad SMARTS) is 1. The summed E-state index contributed by atoms with van der Waals surface area (Å²) in [5, 5.41) is 29.8. The number of nitrogens with zero attached hydrogens (tertiary/aromatic N) is 3. The quantitative estimate of drug-likeness (QED) is 0.503. The Bertz CT molecular complexity index is 1140. The van der Waals surface area contributed by atoms with Crippen molar-refractivity contribution in [1.29, 1.82) is 0 Å². The Labute approximate surface area is 178 Å². The number of nitrogens with one attached hydrogen (secondary N) is 1. The van der Waals surface area contributed by atoms with Gasteiger partial charge in [-0.1, -0.05) is 43.3 Å². The van der Waals surface area contributed by atoms with Crippen LogP contribution < -0.4 is 10.9 Å². The van der Waals surface area contributed by atoms with E-state index in [9.17, 15) is 24.6 Å². The number of aromatic nitrogens is 3. The van der Waals surface area contributed by atoms with E-state index < -0.39 is 29.5 Å².